The second kappa shape index (κ2) is 8.36. The molecule has 5 nitrogen and oxygen atoms in total. The molecule has 0 saturated carbocycles. The molecule has 194 valence electrons. The summed E-state index contributed by atoms with van der Waals surface area (Å²) in [7, 11) is -4.56. The summed E-state index contributed by atoms with van der Waals surface area (Å²) >= 11 is 0. The summed E-state index contributed by atoms with van der Waals surface area (Å²) in [5.41, 5.74) is 3.27. The lowest BCUT2D eigenvalue weighted by Gasteiger charge is -2.35. The minimum absolute atomic E-state index is 0.205. The SMILES string of the molecule is CC(C)(C)c1cc2c(c(C(C)(C)C)c1)OP(=O)(O)Oc1c(cc(C(C)(C)C)cc1C(C)(C)C)C2O. The summed E-state index contributed by atoms with van der Waals surface area (Å²) in [5.74, 6) is 0.431. The fourth-order valence-electron chi connectivity index (χ4n) is 4.31. The molecule has 1 heterocycles. The number of phosphoric ester groups is 1. The number of aliphatic hydroxyl groups is 1. The zero-order valence-corrected chi connectivity index (χ0v) is 24.3. The van der Waals surface area contributed by atoms with Crippen LogP contribution in [0, 0.1) is 0 Å². The van der Waals surface area contributed by atoms with Crippen LogP contribution in [-0.4, -0.2) is 10.00 Å². The molecule has 6 heteroatoms. The van der Waals surface area contributed by atoms with Crippen molar-refractivity contribution < 1.29 is 23.6 Å². The second-order valence-electron chi connectivity index (χ2n) is 13.9. The van der Waals surface area contributed by atoms with Gasteiger partial charge in [-0.2, -0.15) is 0 Å². The van der Waals surface area contributed by atoms with Crippen LogP contribution in [-0.2, 0) is 26.2 Å². The van der Waals surface area contributed by atoms with Gasteiger partial charge in [0.25, 0.3) is 0 Å². The lowest BCUT2D eigenvalue weighted by atomic mass is 9.76. The van der Waals surface area contributed by atoms with Crippen molar-refractivity contribution in [3.63, 3.8) is 0 Å². The molecule has 2 N–H and O–H groups in total. The standard InChI is InChI=1S/C29H43O5P/c1-26(2,3)17-13-19-23(30)20-14-18(27(4,5)6)16-22(29(10,11)12)25(20)34-35(31,32)33-24(19)21(15-17)28(7,8)9/h13-16,23,30H,1-12H3,(H,31,32). The Bertz CT molecular complexity index is 1090. The molecule has 35 heavy (non-hydrogen) atoms. The molecular weight excluding hydrogens is 459 g/mol. The van der Waals surface area contributed by atoms with E-state index in [0.29, 0.717) is 11.1 Å². The highest BCUT2D eigenvalue weighted by molar-refractivity contribution is 7.48. The normalized spacial score (nSPS) is 21.3. The van der Waals surface area contributed by atoms with Crippen LogP contribution < -0.4 is 9.05 Å². The van der Waals surface area contributed by atoms with Gasteiger partial charge in [-0.3, -0.25) is 4.89 Å². The van der Waals surface area contributed by atoms with E-state index in [9.17, 15) is 14.6 Å². The van der Waals surface area contributed by atoms with Gasteiger partial charge in [0.05, 0.1) is 0 Å². The van der Waals surface area contributed by atoms with Gasteiger partial charge in [0.1, 0.15) is 17.6 Å². The maximum Gasteiger partial charge on any atom is 0.584 e. The van der Waals surface area contributed by atoms with Crippen LogP contribution in [0.25, 0.3) is 0 Å². The zero-order chi connectivity index (χ0) is 26.9. The minimum atomic E-state index is -4.56. The van der Waals surface area contributed by atoms with E-state index in [1.54, 1.807) is 0 Å². The van der Waals surface area contributed by atoms with Gasteiger partial charge in [-0.15, -0.1) is 0 Å². The van der Waals surface area contributed by atoms with Gasteiger partial charge in [-0.25, -0.2) is 4.57 Å². The summed E-state index contributed by atoms with van der Waals surface area (Å²) in [5, 5.41) is 11.9. The number of rotatable bonds is 0. The molecule has 0 radical (unpaired) electrons. The lowest BCUT2D eigenvalue weighted by molar-refractivity contribution is 0.201. The van der Waals surface area contributed by atoms with Gasteiger partial charge < -0.3 is 14.2 Å². The first kappa shape index (κ1) is 27.8. The van der Waals surface area contributed by atoms with E-state index in [1.165, 1.54) is 0 Å². The predicted octanol–water partition coefficient (Wildman–Crippen LogP) is 7.83. The summed E-state index contributed by atoms with van der Waals surface area (Å²) in [6.07, 6.45) is -1.10. The van der Waals surface area contributed by atoms with Crippen LogP contribution in [0.4, 0.5) is 0 Å². The van der Waals surface area contributed by atoms with Crippen LogP contribution in [0.3, 0.4) is 0 Å². The third-order valence-electron chi connectivity index (χ3n) is 6.59. The first-order chi connectivity index (χ1) is 15.5. The molecule has 0 aromatic heterocycles. The molecule has 0 unspecified atom stereocenters. The Kier molecular flexibility index (Phi) is 6.64. The Hall–Kier alpha value is -1.81. The first-order valence-corrected chi connectivity index (χ1v) is 13.8. The Morgan fingerprint density at radius 3 is 1.20 bits per heavy atom. The number of hydrogen-bond donors (Lipinski definition) is 2. The molecular formula is C29H43O5P. The van der Waals surface area contributed by atoms with Gasteiger partial charge in [0.2, 0.25) is 0 Å². The zero-order valence-electron chi connectivity index (χ0n) is 23.5. The fraction of sp³-hybridized carbons (Fsp3) is 0.586. The number of phosphoric acid groups is 1. The van der Waals surface area contributed by atoms with Crippen molar-refractivity contribution in [2.75, 3.05) is 0 Å². The quantitative estimate of drug-likeness (QED) is 0.359. The number of fused-ring (bicyclic) bond motifs is 2. The highest BCUT2D eigenvalue weighted by atomic mass is 31.2. The summed E-state index contributed by atoms with van der Waals surface area (Å²) in [6.45, 7) is 24.8. The molecule has 0 atom stereocenters. The van der Waals surface area contributed by atoms with Crippen molar-refractivity contribution in [1.29, 1.82) is 0 Å². The monoisotopic (exact) mass is 502 g/mol. The first-order valence-electron chi connectivity index (χ1n) is 12.3. The summed E-state index contributed by atoms with van der Waals surface area (Å²) in [6, 6.07) is 7.84. The predicted molar refractivity (Wildman–Crippen MR) is 143 cm³/mol. The van der Waals surface area contributed by atoms with Crippen molar-refractivity contribution in [2.45, 2.75) is 111 Å². The third kappa shape index (κ3) is 5.63. The minimum Gasteiger partial charge on any atom is -0.394 e. The van der Waals surface area contributed by atoms with Gasteiger partial charge in [0.15, 0.2) is 0 Å². The largest absolute Gasteiger partial charge is 0.584 e. The molecule has 3 rings (SSSR count). The van der Waals surface area contributed by atoms with E-state index < -0.39 is 24.8 Å². The summed E-state index contributed by atoms with van der Waals surface area (Å²) in [4.78, 5) is 10.9. The van der Waals surface area contributed by atoms with E-state index in [2.05, 4.69) is 41.5 Å². The Labute approximate surface area is 211 Å². The second-order valence-corrected chi connectivity index (χ2v) is 15.2. The van der Waals surface area contributed by atoms with E-state index in [0.717, 1.165) is 22.3 Å². The highest BCUT2D eigenvalue weighted by Crippen LogP contribution is 2.56. The third-order valence-corrected chi connectivity index (χ3v) is 7.41. The molecule has 0 fully saturated rings. The van der Waals surface area contributed by atoms with Gasteiger partial charge in [-0.05, 0) is 44.9 Å². The van der Waals surface area contributed by atoms with E-state index in [1.807, 2.05) is 65.8 Å². The molecule has 1 aliphatic heterocycles. The van der Waals surface area contributed by atoms with Crippen molar-refractivity contribution in [3.8, 4) is 11.5 Å². The lowest BCUT2D eigenvalue weighted by Crippen LogP contribution is -2.24. The average Bonchev–Trinajstić information content (AvgIpc) is 2.62. The molecule has 0 saturated heterocycles. The van der Waals surface area contributed by atoms with E-state index in [-0.39, 0.29) is 22.3 Å². The summed E-state index contributed by atoms with van der Waals surface area (Å²) < 4.78 is 24.9. The van der Waals surface area contributed by atoms with Crippen molar-refractivity contribution in [1.82, 2.24) is 0 Å². The maximum absolute atomic E-state index is 13.4. The molecule has 2 aromatic carbocycles. The van der Waals surface area contributed by atoms with Crippen molar-refractivity contribution in [3.05, 3.63) is 57.6 Å². The topological polar surface area (TPSA) is 76.0 Å². The van der Waals surface area contributed by atoms with E-state index >= 15 is 0 Å². The fourth-order valence-corrected chi connectivity index (χ4v) is 5.22. The van der Waals surface area contributed by atoms with Crippen LogP contribution in [0.5, 0.6) is 11.5 Å². The smallest absolute Gasteiger partial charge is 0.394 e. The Balaban J connectivity index is 2.51. The Morgan fingerprint density at radius 1 is 0.629 bits per heavy atom. The number of benzene rings is 2. The van der Waals surface area contributed by atoms with Gasteiger partial charge >= 0.3 is 7.82 Å². The van der Waals surface area contributed by atoms with Crippen molar-refractivity contribution in [2.24, 2.45) is 0 Å². The van der Waals surface area contributed by atoms with Crippen LogP contribution in [0.1, 0.15) is 123 Å². The molecule has 0 spiro atoms. The van der Waals surface area contributed by atoms with Gasteiger partial charge in [0, 0.05) is 22.3 Å². The maximum atomic E-state index is 13.4. The average molecular weight is 503 g/mol. The number of hydrogen-bond acceptors (Lipinski definition) is 4. The molecule has 1 aliphatic rings. The van der Waals surface area contributed by atoms with Gasteiger partial charge in [-0.1, -0.05) is 95.2 Å². The molecule has 0 aliphatic carbocycles. The van der Waals surface area contributed by atoms with Crippen LogP contribution in [0.15, 0.2) is 24.3 Å². The Morgan fingerprint density at radius 2 is 0.943 bits per heavy atom. The van der Waals surface area contributed by atoms with Crippen LogP contribution in [0.2, 0.25) is 0 Å². The molecule has 0 amide bonds. The highest BCUT2D eigenvalue weighted by Gasteiger charge is 2.40. The number of aliphatic hydroxyl groups excluding tert-OH is 1. The van der Waals surface area contributed by atoms with E-state index in [4.69, 9.17) is 9.05 Å². The molecule has 0 bridgehead atoms. The van der Waals surface area contributed by atoms with Crippen molar-refractivity contribution >= 4 is 7.82 Å². The van der Waals surface area contributed by atoms with Crippen LogP contribution >= 0.6 is 7.82 Å². The molecule has 2 aromatic rings.